The van der Waals surface area contributed by atoms with E-state index in [4.69, 9.17) is 36.5 Å². The Bertz CT molecular complexity index is 531. The predicted molar refractivity (Wildman–Crippen MR) is 57.8 cm³/mol. The van der Waals surface area contributed by atoms with Gasteiger partial charge in [0.2, 0.25) is 0 Å². The van der Waals surface area contributed by atoms with Gasteiger partial charge in [-0.25, -0.2) is 0 Å². The van der Waals surface area contributed by atoms with Gasteiger partial charge in [0.05, 0.1) is 12.1 Å². The van der Waals surface area contributed by atoms with Gasteiger partial charge in [0.25, 0.3) is 0 Å². The van der Waals surface area contributed by atoms with Gasteiger partial charge in [0.15, 0.2) is 0 Å². The molecule has 0 radical (unpaired) electrons. The summed E-state index contributed by atoms with van der Waals surface area (Å²) in [5.41, 5.74) is -11.1. The Hall–Kier alpha value is -0.958. The molecule has 0 fully saturated rings. The van der Waals surface area contributed by atoms with E-state index in [2.05, 4.69) is 0 Å². The van der Waals surface area contributed by atoms with Gasteiger partial charge >= 0.3 is 31.3 Å². The van der Waals surface area contributed by atoms with Crippen molar-refractivity contribution in [2.24, 2.45) is 0 Å². The maximum atomic E-state index is 10.7. The smallest absolute Gasteiger partial charge is 0.279 e. The summed E-state index contributed by atoms with van der Waals surface area (Å²) in [5, 5.41) is 14.6. The van der Waals surface area contributed by atoms with Crippen molar-refractivity contribution in [1.29, 1.82) is 10.5 Å². The molecule has 0 spiro atoms. The third kappa shape index (κ3) is 26.3. The molecule has 0 aromatic heterocycles. The summed E-state index contributed by atoms with van der Waals surface area (Å²) in [6, 6.07) is 3.50. The van der Waals surface area contributed by atoms with E-state index in [0.29, 0.717) is 0 Å². The van der Waals surface area contributed by atoms with Gasteiger partial charge in [-0.2, -0.15) is 53.7 Å². The second-order valence-electron chi connectivity index (χ2n) is 2.29. The average molecular weight is 489 g/mol. The maximum absolute atomic E-state index is 10.7. The molecule has 0 saturated carbocycles. The van der Waals surface area contributed by atoms with Crippen molar-refractivity contribution in [2.45, 2.75) is 24.9 Å². The largest absolute Gasteiger partial charge is 0.522 e. The van der Waals surface area contributed by atoms with Crippen LogP contribution in [0.1, 0.15) is 13.8 Å². The maximum Gasteiger partial charge on any atom is 0.522 e. The molecule has 0 heterocycles. The van der Waals surface area contributed by atoms with Gasteiger partial charge in [-0.15, -0.1) is 0 Å². The van der Waals surface area contributed by atoms with Crippen molar-refractivity contribution in [1.82, 2.24) is 0 Å². The number of hydrogen-bond donors (Lipinski definition) is 2. The Balaban J connectivity index is -0.0000000680. The van der Waals surface area contributed by atoms with Crippen LogP contribution < -0.4 is 0 Å². The zero-order valence-electron chi connectivity index (χ0n) is 10.8. The monoisotopic (exact) mass is 488 g/mol. The predicted octanol–water partition coefficient (Wildman–Crippen LogP) is 1.85. The Morgan fingerprint density at radius 3 is 0.783 bits per heavy atom. The Morgan fingerprint density at radius 1 is 0.739 bits per heavy atom. The summed E-state index contributed by atoms with van der Waals surface area (Å²) >= 11 is 0. The van der Waals surface area contributed by atoms with E-state index >= 15 is 0 Å². The van der Waals surface area contributed by atoms with Gasteiger partial charge in [0.1, 0.15) is 0 Å². The summed E-state index contributed by atoms with van der Waals surface area (Å²) in [7, 11) is -11.7. The van der Waals surface area contributed by atoms with Crippen molar-refractivity contribution in [3.8, 4) is 12.1 Å². The molecule has 142 valence electrons. The number of halogens is 6. The molecule has 17 heteroatoms. The number of rotatable bonds is 0. The molecule has 0 aliphatic rings. The first-order chi connectivity index (χ1) is 9.33. The number of nitriles is 2. The SMILES string of the molecule is CC#N.CC#N.O=S(=O)(O)C(F)(F)F.O=S(=O)(O)C(F)(F)F.[Pd]. The Morgan fingerprint density at radius 2 is 0.783 bits per heavy atom. The summed E-state index contributed by atoms with van der Waals surface area (Å²) in [4.78, 5) is 0. The van der Waals surface area contributed by atoms with Crippen molar-refractivity contribution in [2.75, 3.05) is 0 Å². The Kier molecular flexibility index (Phi) is 19.7. The standard InChI is InChI=1S/2C2H3N.2CHF3O3S.Pd/c2*1-2-3;2*2-1(3,4)8(5,6)7;/h2*1H3;2*(H,5,6,7);. The number of nitrogens with zero attached hydrogens (tertiary/aromatic N) is 2. The van der Waals surface area contributed by atoms with Crippen molar-refractivity contribution >= 4 is 20.2 Å². The molecule has 0 atom stereocenters. The fourth-order valence-electron chi connectivity index (χ4n) is 0. The molecule has 0 aromatic carbocycles. The molecule has 2 N–H and O–H groups in total. The van der Waals surface area contributed by atoms with E-state index in [0.717, 1.165) is 0 Å². The molecule has 0 bridgehead atoms. The van der Waals surface area contributed by atoms with E-state index in [9.17, 15) is 26.3 Å². The van der Waals surface area contributed by atoms with E-state index < -0.39 is 31.3 Å². The van der Waals surface area contributed by atoms with Crippen LogP contribution in [0.3, 0.4) is 0 Å². The van der Waals surface area contributed by atoms with Crippen LogP contribution in [0.4, 0.5) is 26.3 Å². The van der Waals surface area contributed by atoms with Gasteiger partial charge in [-0.05, 0) is 0 Å². The zero-order valence-corrected chi connectivity index (χ0v) is 14.0. The molecule has 0 amide bonds. The molecular weight excluding hydrogens is 481 g/mol. The second-order valence-corrected chi connectivity index (χ2v) is 5.11. The molecule has 8 nitrogen and oxygen atoms in total. The fourth-order valence-corrected chi connectivity index (χ4v) is 0. The van der Waals surface area contributed by atoms with Crippen LogP contribution in [0.25, 0.3) is 0 Å². The summed E-state index contributed by atoms with van der Waals surface area (Å²) in [5.74, 6) is 0. The van der Waals surface area contributed by atoms with E-state index in [1.54, 1.807) is 12.1 Å². The third-order valence-electron chi connectivity index (χ3n) is 0.585. The summed E-state index contributed by atoms with van der Waals surface area (Å²) < 4.78 is 115. The first-order valence-electron chi connectivity index (χ1n) is 4.02. The van der Waals surface area contributed by atoms with Crippen LogP contribution in [0.15, 0.2) is 0 Å². The van der Waals surface area contributed by atoms with Gasteiger partial charge < -0.3 is 0 Å². The molecule has 0 saturated heterocycles. The normalized spacial score (nSPS) is 10.4. The minimum Gasteiger partial charge on any atom is -0.279 e. The van der Waals surface area contributed by atoms with Crippen molar-refractivity contribution < 1.29 is 72.7 Å². The van der Waals surface area contributed by atoms with E-state index in [1.165, 1.54) is 13.8 Å². The van der Waals surface area contributed by atoms with Crippen LogP contribution in [-0.4, -0.2) is 37.0 Å². The third-order valence-corrected chi connectivity index (χ3v) is 1.75. The van der Waals surface area contributed by atoms with Crippen LogP contribution in [0.2, 0.25) is 0 Å². The molecule has 0 aliphatic carbocycles. The molecule has 0 aliphatic heterocycles. The second kappa shape index (κ2) is 13.5. The van der Waals surface area contributed by atoms with Gasteiger partial charge in [0, 0.05) is 34.3 Å². The summed E-state index contributed by atoms with van der Waals surface area (Å²) in [6.07, 6.45) is 0. The van der Waals surface area contributed by atoms with Crippen LogP contribution >= 0.6 is 0 Å². The molecule has 0 aromatic rings. The molecule has 23 heavy (non-hydrogen) atoms. The van der Waals surface area contributed by atoms with Crippen molar-refractivity contribution in [3.05, 3.63) is 0 Å². The van der Waals surface area contributed by atoms with Gasteiger partial charge in [-0.1, -0.05) is 0 Å². The number of hydrogen-bond acceptors (Lipinski definition) is 6. The zero-order chi connectivity index (χ0) is 19.4. The van der Waals surface area contributed by atoms with Gasteiger partial charge in [-0.3, -0.25) is 9.11 Å². The topological polar surface area (TPSA) is 156 Å². The van der Waals surface area contributed by atoms with Crippen molar-refractivity contribution in [3.63, 3.8) is 0 Å². The Labute approximate surface area is 140 Å². The first-order valence-corrected chi connectivity index (χ1v) is 6.90. The minimum atomic E-state index is -5.84. The fraction of sp³-hybridized carbons (Fsp3) is 0.667. The minimum absolute atomic E-state index is 0. The first kappa shape index (κ1) is 33.6. The van der Waals surface area contributed by atoms with Crippen LogP contribution in [0, 0.1) is 22.7 Å². The number of alkyl halides is 6. The van der Waals surface area contributed by atoms with E-state index in [1.807, 2.05) is 0 Å². The van der Waals surface area contributed by atoms with Crippen LogP contribution in [0.5, 0.6) is 0 Å². The summed E-state index contributed by atoms with van der Waals surface area (Å²) in [6.45, 7) is 2.86. The molecule has 0 unspecified atom stereocenters. The average Bonchev–Trinajstić information content (AvgIpc) is 2.13. The molecular formula is C6H8F6N2O6PdS2. The van der Waals surface area contributed by atoms with Crippen LogP contribution in [-0.2, 0) is 40.7 Å². The van der Waals surface area contributed by atoms with E-state index in [-0.39, 0.29) is 20.4 Å². The quantitative estimate of drug-likeness (QED) is 0.226. The molecule has 0 rings (SSSR count).